The van der Waals surface area contributed by atoms with Crippen LogP contribution in [0, 0.1) is 23.3 Å². The number of ether oxygens (including phenoxy) is 1. The van der Waals surface area contributed by atoms with Crippen molar-refractivity contribution in [2.45, 2.75) is 12.5 Å². The van der Waals surface area contributed by atoms with E-state index in [-0.39, 0.29) is 16.9 Å². The summed E-state index contributed by atoms with van der Waals surface area (Å²) in [7, 11) is 0. The first-order valence-electron chi connectivity index (χ1n) is 9.55. The smallest absolute Gasteiger partial charge is 0.168 e. The highest BCUT2D eigenvalue weighted by Crippen LogP contribution is 2.40. The Bertz CT molecular complexity index is 1290. The Hall–Kier alpha value is -3.77. The minimum Gasteiger partial charge on any atom is -0.454 e. The molecule has 3 N–H and O–H groups in total. The van der Waals surface area contributed by atoms with Gasteiger partial charge in [-0.2, -0.15) is 5.10 Å². The molecule has 2 heterocycles. The molecular weight excluding hydrogens is 446 g/mol. The highest BCUT2D eigenvalue weighted by molar-refractivity contribution is 5.89. The van der Waals surface area contributed by atoms with Gasteiger partial charge in [-0.1, -0.05) is 0 Å². The van der Waals surface area contributed by atoms with E-state index in [0.717, 1.165) is 35.5 Å². The van der Waals surface area contributed by atoms with Crippen molar-refractivity contribution in [2.24, 2.45) is 0 Å². The summed E-state index contributed by atoms with van der Waals surface area (Å²) < 4.78 is 62.8. The van der Waals surface area contributed by atoms with Gasteiger partial charge in [-0.25, -0.2) is 27.5 Å². The fourth-order valence-electron chi connectivity index (χ4n) is 3.25. The van der Waals surface area contributed by atoms with Crippen LogP contribution in [0.25, 0.3) is 11.0 Å². The molecule has 0 aliphatic carbocycles. The number of benzene rings is 2. The number of aliphatic hydroxyl groups is 2. The van der Waals surface area contributed by atoms with Crippen LogP contribution in [0.15, 0.2) is 42.9 Å². The first kappa shape index (κ1) is 22.4. The van der Waals surface area contributed by atoms with Crippen LogP contribution in [-0.4, -0.2) is 49.1 Å². The summed E-state index contributed by atoms with van der Waals surface area (Å²) in [4.78, 5) is 9.07. The summed E-state index contributed by atoms with van der Waals surface area (Å²) >= 11 is 0. The number of aromatic nitrogens is 4. The fourth-order valence-corrected chi connectivity index (χ4v) is 3.25. The lowest BCUT2D eigenvalue weighted by atomic mass is 10.00. The number of halogens is 4. The minimum atomic E-state index is -1.61. The molecule has 4 rings (SSSR count). The molecule has 0 radical (unpaired) electrons. The molecule has 0 saturated heterocycles. The second kappa shape index (κ2) is 8.64. The number of nitrogens with one attached hydrogen (secondary N) is 1. The van der Waals surface area contributed by atoms with E-state index in [0.29, 0.717) is 6.07 Å². The van der Waals surface area contributed by atoms with Crippen molar-refractivity contribution in [1.82, 2.24) is 20.2 Å². The van der Waals surface area contributed by atoms with E-state index in [9.17, 15) is 19.0 Å². The number of hydrogen-bond acceptors (Lipinski definition) is 7. The molecular formula is C21H17F4N5O3. The zero-order chi connectivity index (χ0) is 23.8. The van der Waals surface area contributed by atoms with E-state index < -0.39 is 59.2 Å². The molecule has 0 atom stereocenters. The van der Waals surface area contributed by atoms with Crippen molar-refractivity contribution in [3.8, 4) is 11.5 Å². The van der Waals surface area contributed by atoms with Crippen LogP contribution >= 0.6 is 0 Å². The highest BCUT2D eigenvalue weighted by Gasteiger charge is 2.38. The summed E-state index contributed by atoms with van der Waals surface area (Å²) in [5.74, 6) is -5.08. The topological polar surface area (TPSA) is 107 Å². The Morgan fingerprint density at radius 2 is 1.70 bits per heavy atom. The van der Waals surface area contributed by atoms with Gasteiger partial charge in [0, 0.05) is 18.2 Å². The highest BCUT2D eigenvalue weighted by atomic mass is 19.1. The molecule has 0 unspecified atom stereocenters. The predicted octanol–water partition coefficient (Wildman–Crippen LogP) is 3.58. The molecule has 2 aromatic carbocycles. The van der Waals surface area contributed by atoms with E-state index in [4.69, 9.17) is 4.74 Å². The zero-order valence-corrected chi connectivity index (χ0v) is 17.1. The number of anilines is 2. The van der Waals surface area contributed by atoms with Gasteiger partial charge < -0.3 is 19.8 Å². The van der Waals surface area contributed by atoms with Crippen LogP contribution < -0.4 is 9.64 Å². The first-order chi connectivity index (χ1) is 15.8. The second-order valence-electron chi connectivity index (χ2n) is 7.39. The fraction of sp³-hybridized carbons (Fsp3) is 0.190. The molecule has 8 nitrogen and oxygen atoms in total. The van der Waals surface area contributed by atoms with Crippen molar-refractivity contribution in [3.63, 3.8) is 0 Å². The molecule has 0 bridgehead atoms. The molecule has 33 heavy (non-hydrogen) atoms. The average molecular weight is 463 g/mol. The summed E-state index contributed by atoms with van der Waals surface area (Å²) in [6.07, 6.45) is 2.46. The molecule has 0 saturated carbocycles. The number of aromatic amines is 1. The SMILES string of the molecule is CC(CO)(CO)N(c1c(F)cc(Oc2ccc(F)cc2F)cc1F)c1ncnc2[nH]ncc12. The Morgan fingerprint density at radius 1 is 1.00 bits per heavy atom. The normalized spacial score (nSPS) is 11.7. The lowest BCUT2D eigenvalue weighted by molar-refractivity contribution is 0.132. The van der Waals surface area contributed by atoms with Crippen LogP contribution in [0.5, 0.6) is 11.5 Å². The first-order valence-corrected chi connectivity index (χ1v) is 9.55. The number of aliphatic hydroxyl groups excluding tert-OH is 2. The number of hydrogen-bond donors (Lipinski definition) is 3. The molecule has 0 aliphatic heterocycles. The summed E-state index contributed by atoms with van der Waals surface area (Å²) in [6, 6.07) is 4.05. The van der Waals surface area contributed by atoms with Gasteiger partial charge in [0.25, 0.3) is 0 Å². The van der Waals surface area contributed by atoms with Crippen LogP contribution in [0.3, 0.4) is 0 Å². The van der Waals surface area contributed by atoms with Gasteiger partial charge in [-0.05, 0) is 19.1 Å². The van der Waals surface area contributed by atoms with Crippen LogP contribution in [-0.2, 0) is 0 Å². The Kier molecular flexibility index (Phi) is 5.87. The van der Waals surface area contributed by atoms with E-state index in [1.807, 2.05) is 0 Å². The minimum absolute atomic E-state index is 0.0320. The Balaban J connectivity index is 1.85. The molecule has 4 aromatic rings. The van der Waals surface area contributed by atoms with E-state index in [2.05, 4.69) is 20.2 Å². The monoisotopic (exact) mass is 463 g/mol. The molecule has 0 amide bonds. The van der Waals surface area contributed by atoms with Crippen LogP contribution in [0.2, 0.25) is 0 Å². The van der Waals surface area contributed by atoms with E-state index in [1.165, 1.54) is 13.1 Å². The predicted molar refractivity (Wildman–Crippen MR) is 109 cm³/mol. The van der Waals surface area contributed by atoms with E-state index >= 15 is 8.78 Å². The van der Waals surface area contributed by atoms with Gasteiger partial charge in [-0.3, -0.25) is 5.10 Å². The summed E-state index contributed by atoms with van der Waals surface area (Å²) in [5, 5.41) is 26.7. The standard InChI is InChI=1S/C21H17F4N5O3/c1-21(8-31,9-32)30(20-13-7-28-29-19(13)26-10-27-20)18-15(24)5-12(6-16(18)25)33-17-3-2-11(22)4-14(17)23/h2-7,10,31-32H,8-9H2,1H3,(H,26,27,28,29). The van der Waals surface area contributed by atoms with Crippen molar-refractivity contribution in [3.05, 3.63) is 66.1 Å². The summed E-state index contributed by atoms with van der Waals surface area (Å²) in [6.45, 7) is -0.0340. The van der Waals surface area contributed by atoms with Crippen molar-refractivity contribution >= 4 is 22.5 Å². The van der Waals surface area contributed by atoms with Crippen LogP contribution in [0.4, 0.5) is 29.1 Å². The lowest BCUT2D eigenvalue weighted by Gasteiger charge is -2.40. The van der Waals surface area contributed by atoms with Crippen molar-refractivity contribution < 1.29 is 32.5 Å². The third-order valence-electron chi connectivity index (χ3n) is 5.00. The molecule has 0 spiro atoms. The quantitative estimate of drug-likeness (QED) is 0.360. The number of rotatable bonds is 7. The van der Waals surface area contributed by atoms with Crippen molar-refractivity contribution in [1.29, 1.82) is 0 Å². The van der Waals surface area contributed by atoms with Crippen molar-refractivity contribution in [2.75, 3.05) is 18.1 Å². The van der Waals surface area contributed by atoms with Gasteiger partial charge in [-0.15, -0.1) is 0 Å². The number of fused-ring (bicyclic) bond motifs is 1. The van der Waals surface area contributed by atoms with Gasteiger partial charge >= 0.3 is 0 Å². The number of nitrogens with zero attached hydrogens (tertiary/aromatic N) is 4. The third-order valence-corrected chi connectivity index (χ3v) is 5.00. The Labute approximate surface area is 184 Å². The molecule has 2 aromatic heterocycles. The average Bonchev–Trinajstić information content (AvgIpc) is 3.27. The second-order valence-corrected chi connectivity index (χ2v) is 7.39. The summed E-state index contributed by atoms with van der Waals surface area (Å²) in [5.41, 5.74) is -2.00. The maximum Gasteiger partial charge on any atom is 0.168 e. The molecule has 0 aliphatic rings. The third kappa shape index (κ3) is 4.05. The molecule has 0 fully saturated rings. The number of H-pyrrole nitrogens is 1. The lowest BCUT2D eigenvalue weighted by Crippen LogP contribution is -2.51. The zero-order valence-electron chi connectivity index (χ0n) is 17.1. The maximum absolute atomic E-state index is 15.3. The largest absolute Gasteiger partial charge is 0.454 e. The molecule has 172 valence electrons. The molecule has 12 heteroatoms. The Morgan fingerprint density at radius 3 is 2.33 bits per heavy atom. The van der Waals surface area contributed by atoms with Gasteiger partial charge in [0.15, 0.2) is 28.8 Å². The van der Waals surface area contributed by atoms with Gasteiger partial charge in [0.1, 0.15) is 29.4 Å². The maximum atomic E-state index is 15.3. The van der Waals surface area contributed by atoms with Gasteiger partial charge in [0.2, 0.25) is 0 Å². The van der Waals surface area contributed by atoms with Gasteiger partial charge in [0.05, 0.1) is 30.3 Å². The van der Waals surface area contributed by atoms with Crippen LogP contribution in [0.1, 0.15) is 6.92 Å². The van der Waals surface area contributed by atoms with E-state index in [1.54, 1.807) is 0 Å².